The Hall–Kier alpha value is -1.88. The van der Waals surface area contributed by atoms with Crippen LogP contribution in [0, 0.1) is 5.82 Å². The summed E-state index contributed by atoms with van der Waals surface area (Å²) in [6.07, 6.45) is -3.76. The molecule has 0 unspecified atom stereocenters. The first-order valence-corrected chi connectivity index (χ1v) is 6.56. The van der Waals surface area contributed by atoms with Crippen molar-refractivity contribution < 1.29 is 17.6 Å². The zero-order valence-corrected chi connectivity index (χ0v) is 11.3. The van der Waals surface area contributed by atoms with Crippen molar-refractivity contribution in [3.8, 4) is 0 Å². The Morgan fingerprint density at radius 1 is 0.905 bits per heavy atom. The standard InChI is InChI=1S/C16H15F4N/c17-15-9-13(8-14(10-15)16(18,19)20)11-21-7-6-12-4-2-1-3-5-12/h1-5,8-10,21H,6-7,11H2. The van der Waals surface area contributed by atoms with Gasteiger partial charge in [0.15, 0.2) is 0 Å². The van der Waals surface area contributed by atoms with Crippen LogP contribution in [-0.4, -0.2) is 6.54 Å². The summed E-state index contributed by atoms with van der Waals surface area (Å²) >= 11 is 0. The summed E-state index contributed by atoms with van der Waals surface area (Å²) in [4.78, 5) is 0. The van der Waals surface area contributed by atoms with Crippen molar-refractivity contribution in [3.63, 3.8) is 0 Å². The van der Waals surface area contributed by atoms with Gasteiger partial charge < -0.3 is 5.32 Å². The van der Waals surface area contributed by atoms with Gasteiger partial charge in [-0.1, -0.05) is 30.3 Å². The molecule has 1 nitrogen and oxygen atoms in total. The normalized spacial score (nSPS) is 11.6. The second kappa shape index (κ2) is 6.72. The van der Waals surface area contributed by atoms with E-state index < -0.39 is 17.6 Å². The Labute approximate surface area is 120 Å². The fourth-order valence-electron chi connectivity index (χ4n) is 2.03. The van der Waals surface area contributed by atoms with Crippen LogP contribution in [0.4, 0.5) is 17.6 Å². The van der Waals surface area contributed by atoms with Gasteiger partial charge in [-0.15, -0.1) is 0 Å². The van der Waals surface area contributed by atoms with E-state index in [0.29, 0.717) is 12.6 Å². The van der Waals surface area contributed by atoms with E-state index in [1.807, 2.05) is 30.3 Å². The zero-order chi connectivity index (χ0) is 15.3. The van der Waals surface area contributed by atoms with Gasteiger partial charge in [0.05, 0.1) is 5.56 Å². The van der Waals surface area contributed by atoms with Crippen molar-refractivity contribution in [1.29, 1.82) is 0 Å². The second-order valence-electron chi connectivity index (χ2n) is 4.76. The fraction of sp³-hybridized carbons (Fsp3) is 0.250. The minimum atomic E-state index is -4.53. The Morgan fingerprint density at radius 3 is 2.29 bits per heavy atom. The number of benzene rings is 2. The van der Waals surface area contributed by atoms with E-state index in [1.54, 1.807) is 0 Å². The summed E-state index contributed by atoms with van der Waals surface area (Å²) in [5.41, 5.74) is 0.470. The lowest BCUT2D eigenvalue weighted by Crippen LogP contribution is -2.17. The molecule has 2 rings (SSSR count). The molecule has 5 heteroatoms. The molecule has 1 N–H and O–H groups in total. The average molecular weight is 297 g/mol. The van der Waals surface area contributed by atoms with Crippen LogP contribution in [0.15, 0.2) is 48.5 Å². The summed E-state index contributed by atoms with van der Waals surface area (Å²) in [6, 6.07) is 12.3. The quantitative estimate of drug-likeness (QED) is 0.645. The molecule has 0 fully saturated rings. The molecular weight excluding hydrogens is 282 g/mol. The number of nitrogens with one attached hydrogen (secondary N) is 1. The van der Waals surface area contributed by atoms with Crippen LogP contribution in [0.5, 0.6) is 0 Å². The van der Waals surface area contributed by atoms with Gasteiger partial charge in [0, 0.05) is 6.54 Å². The van der Waals surface area contributed by atoms with E-state index in [0.717, 1.165) is 24.1 Å². The van der Waals surface area contributed by atoms with Gasteiger partial charge in [0.1, 0.15) is 5.82 Å². The Kier molecular flexibility index (Phi) is 4.96. The van der Waals surface area contributed by atoms with E-state index in [-0.39, 0.29) is 12.1 Å². The van der Waals surface area contributed by atoms with Crippen molar-refractivity contribution in [2.24, 2.45) is 0 Å². The van der Waals surface area contributed by atoms with Gasteiger partial charge in [-0.3, -0.25) is 0 Å². The highest BCUT2D eigenvalue weighted by Crippen LogP contribution is 2.30. The molecule has 112 valence electrons. The SMILES string of the molecule is Fc1cc(CNCCc2ccccc2)cc(C(F)(F)F)c1. The van der Waals surface area contributed by atoms with Gasteiger partial charge in [-0.2, -0.15) is 13.2 Å². The lowest BCUT2D eigenvalue weighted by molar-refractivity contribution is -0.137. The number of alkyl halides is 3. The van der Waals surface area contributed by atoms with Crippen LogP contribution in [0.2, 0.25) is 0 Å². The first-order valence-electron chi connectivity index (χ1n) is 6.56. The Morgan fingerprint density at radius 2 is 1.62 bits per heavy atom. The first-order chi connectivity index (χ1) is 9.95. The maximum absolute atomic E-state index is 13.2. The number of halogens is 4. The van der Waals surface area contributed by atoms with Crippen molar-refractivity contribution >= 4 is 0 Å². The van der Waals surface area contributed by atoms with E-state index in [2.05, 4.69) is 5.32 Å². The highest BCUT2D eigenvalue weighted by molar-refractivity contribution is 5.26. The van der Waals surface area contributed by atoms with Crippen molar-refractivity contribution in [2.75, 3.05) is 6.54 Å². The monoisotopic (exact) mass is 297 g/mol. The smallest absolute Gasteiger partial charge is 0.312 e. The van der Waals surface area contributed by atoms with Crippen LogP contribution in [0.25, 0.3) is 0 Å². The molecule has 0 aliphatic carbocycles. The van der Waals surface area contributed by atoms with E-state index in [1.165, 1.54) is 0 Å². The van der Waals surface area contributed by atoms with Crippen LogP contribution >= 0.6 is 0 Å². The maximum atomic E-state index is 13.2. The molecule has 0 aromatic heterocycles. The number of hydrogen-bond donors (Lipinski definition) is 1. The van der Waals surface area contributed by atoms with Crippen molar-refractivity contribution in [1.82, 2.24) is 5.32 Å². The van der Waals surface area contributed by atoms with Crippen molar-refractivity contribution in [3.05, 3.63) is 71.0 Å². The summed E-state index contributed by atoms with van der Waals surface area (Å²) in [5, 5.41) is 3.02. The molecule has 0 radical (unpaired) electrons. The third-order valence-corrected chi connectivity index (χ3v) is 3.05. The van der Waals surface area contributed by atoms with E-state index in [9.17, 15) is 17.6 Å². The molecule has 0 atom stereocenters. The minimum Gasteiger partial charge on any atom is -0.312 e. The highest BCUT2D eigenvalue weighted by Gasteiger charge is 2.31. The van der Waals surface area contributed by atoms with Gasteiger partial charge in [0.25, 0.3) is 0 Å². The third-order valence-electron chi connectivity index (χ3n) is 3.05. The second-order valence-corrected chi connectivity index (χ2v) is 4.76. The van der Waals surface area contributed by atoms with Gasteiger partial charge in [-0.05, 0) is 42.3 Å². The molecule has 0 bridgehead atoms. The molecule has 21 heavy (non-hydrogen) atoms. The van der Waals surface area contributed by atoms with Gasteiger partial charge >= 0.3 is 6.18 Å². The van der Waals surface area contributed by atoms with Crippen molar-refractivity contribution in [2.45, 2.75) is 19.1 Å². The van der Waals surface area contributed by atoms with E-state index >= 15 is 0 Å². The van der Waals surface area contributed by atoms with Crippen LogP contribution in [0.3, 0.4) is 0 Å². The lowest BCUT2D eigenvalue weighted by atomic mass is 10.1. The first kappa shape index (κ1) is 15.5. The largest absolute Gasteiger partial charge is 0.416 e. The topological polar surface area (TPSA) is 12.0 Å². The van der Waals surface area contributed by atoms with Gasteiger partial charge in [-0.25, -0.2) is 4.39 Å². The third kappa shape index (κ3) is 4.86. The molecule has 0 saturated carbocycles. The van der Waals surface area contributed by atoms with Crippen LogP contribution < -0.4 is 5.32 Å². The summed E-state index contributed by atoms with van der Waals surface area (Å²) in [5.74, 6) is -0.871. The van der Waals surface area contributed by atoms with Crippen LogP contribution in [-0.2, 0) is 19.1 Å². The molecule has 0 aliphatic rings. The molecule has 0 heterocycles. The average Bonchev–Trinajstić information content (AvgIpc) is 2.43. The highest BCUT2D eigenvalue weighted by atomic mass is 19.4. The Bertz CT molecular complexity index is 579. The maximum Gasteiger partial charge on any atom is 0.416 e. The predicted molar refractivity (Wildman–Crippen MR) is 73.3 cm³/mol. The molecule has 0 amide bonds. The number of rotatable bonds is 5. The molecular formula is C16H15F4N. The van der Waals surface area contributed by atoms with E-state index in [4.69, 9.17) is 0 Å². The van der Waals surface area contributed by atoms with Crippen LogP contribution in [0.1, 0.15) is 16.7 Å². The molecule has 0 spiro atoms. The zero-order valence-electron chi connectivity index (χ0n) is 11.3. The lowest BCUT2D eigenvalue weighted by Gasteiger charge is -2.10. The summed E-state index contributed by atoms with van der Waals surface area (Å²) in [7, 11) is 0. The van der Waals surface area contributed by atoms with Gasteiger partial charge in [0.2, 0.25) is 0 Å². The summed E-state index contributed by atoms with van der Waals surface area (Å²) in [6.45, 7) is 0.815. The molecule has 2 aromatic carbocycles. The predicted octanol–water partition coefficient (Wildman–Crippen LogP) is 4.18. The minimum absolute atomic E-state index is 0.202. The molecule has 0 aliphatic heterocycles. The molecule has 0 saturated heterocycles. The molecule has 2 aromatic rings. The summed E-state index contributed by atoms with van der Waals surface area (Å²) < 4.78 is 50.9. The Balaban J connectivity index is 1.90. The number of hydrogen-bond acceptors (Lipinski definition) is 1. The fourth-order valence-corrected chi connectivity index (χ4v) is 2.03.